The summed E-state index contributed by atoms with van der Waals surface area (Å²) in [5, 5.41) is 0.738. The number of ether oxygens (including phenoxy) is 1. The van der Waals surface area contributed by atoms with E-state index in [1.807, 2.05) is 33.8 Å². The number of esters is 1. The molecule has 5 nitrogen and oxygen atoms in total. The summed E-state index contributed by atoms with van der Waals surface area (Å²) in [5.74, 6) is -0.413. The second-order valence-corrected chi connectivity index (χ2v) is 7.01. The summed E-state index contributed by atoms with van der Waals surface area (Å²) in [6.07, 6.45) is 1.83. The van der Waals surface area contributed by atoms with Gasteiger partial charge in [0.1, 0.15) is 0 Å². The average Bonchev–Trinajstić information content (AvgIpc) is 2.82. The standard InChI is InChI=1S/C18H22N2O3S/c1-11(2)19-18-20(12(3)4)16(21)15(24-18)10-13-6-8-14(9-7-13)17(22)23-5/h6-12H,1-5H3/b15-10+,19-18?. The van der Waals surface area contributed by atoms with Crippen molar-refractivity contribution in [3.63, 3.8) is 0 Å². The molecule has 0 N–H and O–H groups in total. The molecule has 0 aromatic heterocycles. The highest BCUT2D eigenvalue weighted by atomic mass is 32.2. The molecule has 1 saturated heterocycles. The van der Waals surface area contributed by atoms with Crippen LogP contribution in [0.15, 0.2) is 34.2 Å². The van der Waals surface area contributed by atoms with Gasteiger partial charge in [0.15, 0.2) is 5.17 Å². The van der Waals surface area contributed by atoms with Crippen LogP contribution < -0.4 is 0 Å². The maximum Gasteiger partial charge on any atom is 0.337 e. The van der Waals surface area contributed by atoms with E-state index in [2.05, 4.69) is 9.73 Å². The van der Waals surface area contributed by atoms with Gasteiger partial charge < -0.3 is 4.74 Å². The molecule has 0 spiro atoms. The quantitative estimate of drug-likeness (QED) is 0.618. The van der Waals surface area contributed by atoms with Crippen LogP contribution in [0.2, 0.25) is 0 Å². The topological polar surface area (TPSA) is 59.0 Å². The van der Waals surface area contributed by atoms with Gasteiger partial charge in [-0.25, -0.2) is 4.79 Å². The molecule has 2 rings (SSSR count). The second-order valence-electron chi connectivity index (χ2n) is 6.00. The number of amidine groups is 1. The van der Waals surface area contributed by atoms with E-state index in [4.69, 9.17) is 0 Å². The third-order valence-electron chi connectivity index (χ3n) is 3.35. The Kier molecular flexibility index (Phi) is 5.83. The van der Waals surface area contributed by atoms with Crippen LogP contribution in [0.1, 0.15) is 43.6 Å². The molecule has 1 amide bonds. The van der Waals surface area contributed by atoms with Crippen molar-refractivity contribution in [1.29, 1.82) is 0 Å². The van der Waals surface area contributed by atoms with Crippen LogP contribution in [0.25, 0.3) is 6.08 Å². The lowest BCUT2D eigenvalue weighted by Crippen LogP contribution is -2.35. The van der Waals surface area contributed by atoms with Crippen molar-refractivity contribution in [2.75, 3.05) is 7.11 Å². The Morgan fingerprint density at radius 1 is 1.21 bits per heavy atom. The number of rotatable bonds is 4. The first-order valence-corrected chi connectivity index (χ1v) is 8.64. The lowest BCUT2D eigenvalue weighted by Gasteiger charge is -2.20. The summed E-state index contributed by atoms with van der Waals surface area (Å²) in [6.45, 7) is 7.93. The fourth-order valence-corrected chi connectivity index (χ4v) is 3.47. The molecule has 1 fully saturated rings. The van der Waals surface area contributed by atoms with E-state index in [9.17, 15) is 9.59 Å². The molecule has 0 bridgehead atoms. The Morgan fingerprint density at radius 2 is 1.83 bits per heavy atom. The van der Waals surface area contributed by atoms with Gasteiger partial charge in [-0.15, -0.1) is 0 Å². The minimum Gasteiger partial charge on any atom is -0.465 e. The Morgan fingerprint density at radius 3 is 2.33 bits per heavy atom. The van der Waals surface area contributed by atoms with Crippen molar-refractivity contribution >= 4 is 34.9 Å². The summed E-state index contributed by atoms with van der Waals surface area (Å²) < 4.78 is 4.68. The van der Waals surface area contributed by atoms with Gasteiger partial charge in [-0.2, -0.15) is 0 Å². The Bertz CT molecular complexity index is 691. The molecular formula is C18H22N2O3S. The molecular weight excluding hydrogens is 324 g/mol. The Hall–Kier alpha value is -2.08. The molecule has 1 heterocycles. The highest BCUT2D eigenvalue weighted by molar-refractivity contribution is 8.18. The van der Waals surface area contributed by atoms with E-state index in [1.54, 1.807) is 29.2 Å². The minimum absolute atomic E-state index is 0.0357. The van der Waals surface area contributed by atoms with Crippen molar-refractivity contribution in [3.05, 3.63) is 40.3 Å². The first-order chi connectivity index (χ1) is 11.3. The number of amides is 1. The van der Waals surface area contributed by atoms with Gasteiger partial charge >= 0.3 is 5.97 Å². The third kappa shape index (κ3) is 4.06. The molecule has 0 radical (unpaired) electrons. The van der Waals surface area contributed by atoms with Gasteiger partial charge in [-0.05, 0) is 63.2 Å². The van der Waals surface area contributed by atoms with Crippen LogP contribution in [0.5, 0.6) is 0 Å². The predicted octanol–water partition coefficient (Wildman–Crippen LogP) is 3.56. The van der Waals surface area contributed by atoms with Gasteiger partial charge in [0.25, 0.3) is 5.91 Å². The molecule has 0 unspecified atom stereocenters. The van der Waals surface area contributed by atoms with Gasteiger partial charge in [-0.3, -0.25) is 14.7 Å². The molecule has 1 aliphatic heterocycles. The molecule has 6 heteroatoms. The van der Waals surface area contributed by atoms with Crippen LogP contribution in [0, 0.1) is 0 Å². The van der Waals surface area contributed by atoms with Crippen LogP contribution >= 0.6 is 11.8 Å². The van der Waals surface area contributed by atoms with Crippen molar-refractivity contribution in [2.45, 2.75) is 39.8 Å². The fourth-order valence-electron chi connectivity index (χ4n) is 2.24. The SMILES string of the molecule is COC(=O)c1ccc(/C=C2/SC(=NC(C)C)N(C(C)C)C2=O)cc1. The first kappa shape index (κ1) is 18.3. The number of thioether (sulfide) groups is 1. The summed E-state index contributed by atoms with van der Waals surface area (Å²) >= 11 is 1.39. The van der Waals surface area contributed by atoms with Crippen LogP contribution in [0.4, 0.5) is 0 Å². The molecule has 0 aliphatic carbocycles. The monoisotopic (exact) mass is 346 g/mol. The number of methoxy groups -OCH3 is 1. The van der Waals surface area contributed by atoms with Crippen molar-refractivity contribution in [3.8, 4) is 0 Å². The van der Waals surface area contributed by atoms with E-state index in [-0.39, 0.29) is 24.0 Å². The van der Waals surface area contributed by atoms with Gasteiger partial charge in [0.2, 0.25) is 0 Å². The number of carbonyl (C=O) groups excluding carboxylic acids is 2. The fraction of sp³-hybridized carbons (Fsp3) is 0.389. The van der Waals surface area contributed by atoms with E-state index in [1.165, 1.54) is 18.9 Å². The normalized spacial score (nSPS) is 18.3. The smallest absolute Gasteiger partial charge is 0.337 e. The third-order valence-corrected chi connectivity index (χ3v) is 4.35. The number of hydrogen-bond acceptors (Lipinski definition) is 5. The van der Waals surface area contributed by atoms with Gasteiger partial charge in [0.05, 0.1) is 17.6 Å². The maximum absolute atomic E-state index is 12.6. The van der Waals surface area contributed by atoms with E-state index in [0.29, 0.717) is 10.5 Å². The van der Waals surface area contributed by atoms with E-state index < -0.39 is 0 Å². The van der Waals surface area contributed by atoms with Crippen LogP contribution in [-0.4, -0.2) is 41.1 Å². The first-order valence-electron chi connectivity index (χ1n) is 7.82. The van der Waals surface area contributed by atoms with E-state index >= 15 is 0 Å². The molecule has 0 atom stereocenters. The molecule has 1 aromatic rings. The van der Waals surface area contributed by atoms with Crippen molar-refractivity contribution in [2.24, 2.45) is 4.99 Å². The van der Waals surface area contributed by atoms with Gasteiger partial charge in [-0.1, -0.05) is 12.1 Å². The largest absolute Gasteiger partial charge is 0.465 e. The lowest BCUT2D eigenvalue weighted by atomic mass is 10.1. The molecule has 1 aromatic carbocycles. The van der Waals surface area contributed by atoms with Gasteiger partial charge in [0, 0.05) is 12.1 Å². The molecule has 24 heavy (non-hydrogen) atoms. The summed E-state index contributed by atoms with van der Waals surface area (Å²) in [5.41, 5.74) is 1.34. The summed E-state index contributed by atoms with van der Waals surface area (Å²) in [7, 11) is 1.35. The zero-order valence-corrected chi connectivity index (χ0v) is 15.4. The average molecular weight is 346 g/mol. The zero-order valence-electron chi connectivity index (χ0n) is 14.6. The maximum atomic E-state index is 12.6. The van der Waals surface area contributed by atoms with Crippen molar-refractivity contribution in [1.82, 2.24) is 4.90 Å². The number of hydrogen-bond donors (Lipinski definition) is 0. The molecule has 128 valence electrons. The summed E-state index contributed by atoms with van der Waals surface area (Å²) in [6, 6.07) is 7.14. The zero-order chi connectivity index (χ0) is 17.9. The van der Waals surface area contributed by atoms with Crippen LogP contribution in [-0.2, 0) is 9.53 Å². The van der Waals surface area contributed by atoms with E-state index in [0.717, 1.165) is 10.7 Å². The summed E-state index contributed by atoms with van der Waals surface area (Å²) in [4.78, 5) is 31.0. The lowest BCUT2D eigenvalue weighted by molar-refractivity contribution is -0.123. The number of benzene rings is 1. The Balaban J connectivity index is 2.29. The molecule has 1 aliphatic rings. The molecule has 0 saturated carbocycles. The Labute approximate surface area is 146 Å². The van der Waals surface area contributed by atoms with Crippen LogP contribution in [0.3, 0.4) is 0 Å². The number of aliphatic imine (C=N–C) groups is 1. The second kappa shape index (κ2) is 7.66. The minimum atomic E-state index is -0.377. The number of nitrogens with zero attached hydrogens (tertiary/aromatic N) is 2. The number of carbonyl (C=O) groups is 2. The highest BCUT2D eigenvalue weighted by Crippen LogP contribution is 2.34. The predicted molar refractivity (Wildman–Crippen MR) is 97.9 cm³/mol. The highest BCUT2D eigenvalue weighted by Gasteiger charge is 2.35. The van der Waals surface area contributed by atoms with Crippen molar-refractivity contribution < 1.29 is 14.3 Å².